The molecule has 1 fully saturated rings. The van der Waals surface area contributed by atoms with Crippen LogP contribution in [0.15, 0.2) is 41.3 Å². The number of aromatic amines is 1. The van der Waals surface area contributed by atoms with E-state index in [1.54, 1.807) is 34.8 Å². The minimum Gasteiger partial charge on any atom is -0.331 e. The third kappa shape index (κ3) is 3.30. The number of carbonyl (C=O) groups is 1. The molecule has 27 heavy (non-hydrogen) atoms. The molecular weight excluding hydrogens is 344 g/mol. The fourth-order valence-corrected chi connectivity index (χ4v) is 3.52. The Bertz CT molecular complexity index is 1020. The topological polar surface area (TPSA) is 87.1 Å². The third-order valence-corrected chi connectivity index (χ3v) is 4.89. The maximum absolute atomic E-state index is 12.5. The van der Waals surface area contributed by atoms with Gasteiger partial charge in [-0.05, 0) is 12.0 Å². The molecular formula is C19H22N6O2. The molecule has 1 aromatic carbocycles. The van der Waals surface area contributed by atoms with Gasteiger partial charge in [-0.15, -0.1) is 0 Å². The molecule has 4 rings (SSSR count). The summed E-state index contributed by atoms with van der Waals surface area (Å²) in [5.41, 5.74) is 1.47. The van der Waals surface area contributed by atoms with E-state index in [1.165, 1.54) is 0 Å². The van der Waals surface area contributed by atoms with E-state index in [2.05, 4.69) is 15.1 Å². The number of hydrogen-bond acceptors (Lipinski definition) is 4. The molecule has 0 saturated carbocycles. The number of likely N-dealkylation sites (tertiary alicyclic amines) is 1. The number of fused-ring (bicyclic) bond motifs is 1. The van der Waals surface area contributed by atoms with Crippen molar-refractivity contribution >= 4 is 17.1 Å². The molecule has 2 aromatic heterocycles. The number of nitrogens with zero attached hydrogens (tertiary/aromatic N) is 5. The minimum absolute atomic E-state index is 0.00969. The van der Waals surface area contributed by atoms with Crippen molar-refractivity contribution in [1.29, 1.82) is 0 Å². The Hall–Kier alpha value is -3.16. The zero-order valence-electron chi connectivity index (χ0n) is 15.4. The highest BCUT2D eigenvalue weighted by Crippen LogP contribution is 2.24. The predicted molar refractivity (Wildman–Crippen MR) is 102 cm³/mol. The molecule has 1 aliphatic rings. The monoisotopic (exact) mass is 366 g/mol. The van der Waals surface area contributed by atoms with Crippen LogP contribution in [0.25, 0.3) is 11.0 Å². The molecule has 0 bridgehead atoms. The Balaban J connectivity index is 1.64. The van der Waals surface area contributed by atoms with E-state index in [9.17, 15) is 9.59 Å². The summed E-state index contributed by atoms with van der Waals surface area (Å²) >= 11 is 0. The van der Waals surface area contributed by atoms with Crippen LogP contribution in [0.2, 0.25) is 0 Å². The van der Waals surface area contributed by atoms with Gasteiger partial charge in [0, 0.05) is 33.6 Å². The molecule has 1 unspecified atom stereocenters. The molecule has 3 aromatic rings. The first-order chi connectivity index (χ1) is 13.0. The average molecular weight is 366 g/mol. The number of nitrogens with one attached hydrogen (secondary N) is 1. The standard InChI is InChI=1S/C19H22N6O2/c1-23(2)19(27)24-9-8-14(12-24)25-17-15(11-20-25)18(26)22-16(21-17)10-13-6-4-3-5-7-13/h3-7,11,14H,8-10,12H2,1-2H3,(H,21,22,26). The second-order valence-electron chi connectivity index (χ2n) is 7.07. The van der Waals surface area contributed by atoms with Gasteiger partial charge in [-0.1, -0.05) is 30.3 Å². The average Bonchev–Trinajstić information content (AvgIpc) is 3.28. The number of benzene rings is 1. The lowest BCUT2D eigenvalue weighted by atomic mass is 10.1. The second kappa shape index (κ2) is 6.86. The van der Waals surface area contributed by atoms with Gasteiger partial charge in [0.05, 0.1) is 12.2 Å². The van der Waals surface area contributed by atoms with E-state index in [0.717, 1.165) is 12.0 Å². The van der Waals surface area contributed by atoms with Crippen molar-refractivity contribution in [3.05, 3.63) is 58.3 Å². The lowest BCUT2D eigenvalue weighted by Crippen LogP contribution is -2.37. The molecule has 1 atom stereocenters. The van der Waals surface area contributed by atoms with Crippen molar-refractivity contribution < 1.29 is 4.79 Å². The van der Waals surface area contributed by atoms with E-state index >= 15 is 0 Å². The smallest absolute Gasteiger partial charge is 0.319 e. The van der Waals surface area contributed by atoms with Crippen LogP contribution >= 0.6 is 0 Å². The number of urea groups is 1. The molecule has 8 heteroatoms. The molecule has 0 aliphatic carbocycles. The maximum Gasteiger partial charge on any atom is 0.319 e. The summed E-state index contributed by atoms with van der Waals surface area (Å²) in [6.45, 7) is 1.24. The van der Waals surface area contributed by atoms with E-state index < -0.39 is 0 Å². The van der Waals surface area contributed by atoms with Crippen LogP contribution in [0.5, 0.6) is 0 Å². The summed E-state index contributed by atoms with van der Waals surface area (Å²) in [5, 5.41) is 4.88. The normalized spacial score (nSPS) is 16.8. The van der Waals surface area contributed by atoms with Crippen LogP contribution in [0.3, 0.4) is 0 Å². The fraction of sp³-hybridized carbons (Fsp3) is 0.368. The van der Waals surface area contributed by atoms with Crippen LogP contribution in [0.1, 0.15) is 23.9 Å². The van der Waals surface area contributed by atoms with Crippen LogP contribution in [-0.4, -0.2) is 62.8 Å². The first-order valence-corrected chi connectivity index (χ1v) is 8.99. The van der Waals surface area contributed by atoms with Gasteiger partial charge in [-0.3, -0.25) is 4.79 Å². The van der Waals surface area contributed by atoms with Crippen molar-refractivity contribution in [1.82, 2.24) is 29.5 Å². The van der Waals surface area contributed by atoms with Gasteiger partial charge in [0.1, 0.15) is 11.2 Å². The largest absolute Gasteiger partial charge is 0.331 e. The molecule has 0 spiro atoms. The molecule has 3 heterocycles. The zero-order chi connectivity index (χ0) is 19.0. The van der Waals surface area contributed by atoms with Crippen molar-refractivity contribution in [3.8, 4) is 0 Å². The molecule has 2 amide bonds. The van der Waals surface area contributed by atoms with Crippen LogP contribution in [-0.2, 0) is 6.42 Å². The van der Waals surface area contributed by atoms with Crippen molar-refractivity contribution in [2.24, 2.45) is 0 Å². The molecule has 8 nitrogen and oxygen atoms in total. The van der Waals surface area contributed by atoms with Crippen molar-refractivity contribution in [2.45, 2.75) is 18.9 Å². The lowest BCUT2D eigenvalue weighted by Gasteiger charge is -2.21. The Labute approximate surface area is 156 Å². The number of carbonyl (C=O) groups excluding carboxylic acids is 1. The summed E-state index contributed by atoms with van der Waals surface area (Å²) in [5.74, 6) is 0.611. The number of amides is 2. The summed E-state index contributed by atoms with van der Waals surface area (Å²) in [6, 6.07) is 9.90. The van der Waals surface area contributed by atoms with E-state index in [-0.39, 0.29) is 17.6 Å². The highest BCUT2D eigenvalue weighted by atomic mass is 16.2. The van der Waals surface area contributed by atoms with Gasteiger partial charge in [-0.25, -0.2) is 14.5 Å². The van der Waals surface area contributed by atoms with Crippen molar-refractivity contribution in [2.75, 3.05) is 27.2 Å². The maximum atomic E-state index is 12.5. The van der Waals surface area contributed by atoms with E-state index in [0.29, 0.717) is 36.4 Å². The first kappa shape index (κ1) is 17.3. The highest BCUT2D eigenvalue weighted by Gasteiger charge is 2.30. The van der Waals surface area contributed by atoms with Gasteiger partial charge in [0.15, 0.2) is 5.65 Å². The quantitative estimate of drug-likeness (QED) is 0.763. The predicted octanol–water partition coefficient (Wildman–Crippen LogP) is 1.64. The number of rotatable bonds is 3. The SMILES string of the molecule is CN(C)C(=O)N1CCC(n2ncc3c(=O)[nH]c(Cc4ccccc4)nc32)C1. The number of hydrogen-bond donors (Lipinski definition) is 1. The zero-order valence-corrected chi connectivity index (χ0v) is 15.4. The third-order valence-electron chi connectivity index (χ3n) is 4.89. The Morgan fingerprint density at radius 1 is 1.30 bits per heavy atom. The minimum atomic E-state index is -0.184. The Morgan fingerprint density at radius 3 is 2.81 bits per heavy atom. The van der Waals surface area contributed by atoms with Gasteiger partial charge in [0.25, 0.3) is 5.56 Å². The van der Waals surface area contributed by atoms with E-state index in [1.807, 2.05) is 30.3 Å². The lowest BCUT2D eigenvalue weighted by molar-refractivity contribution is 0.180. The van der Waals surface area contributed by atoms with Crippen LogP contribution < -0.4 is 5.56 Å². The number of H-pyrrole nitrogens is 1. The van der Waals surface area contributed by atoms with Gasteiger partial charge < -0.3 is 14.8 Å². The Morgan fingerprint density at radius 2 is 2.07 bits per heavy atom. The molecule has 0 radical (unpaired) electrons. The molecule has 1 aliphatic heterocycles. The fourth-order valence-electron chi connectivity index (χ4n) is 3.52. The van der Waals surface area contributed by atoms with Crippen LogP contribution in [0, 0.1) is 0 Å². The molecule has 140 valence electrons. The first-order valence-electron chi connectivity index (χ1n) is 8.99. The highest BCUT2D eigenvalue weighted by molar-refractivity contribution is 5.75. The summed E-state index contributed by atoms with van der Waals surface area (Å²) in [6.07, 6.45) is 2.90. The summed E-state index contributed by atoms with van der Waals surface area (Å²) < 4.78 is 1.79. The Kier molecular flexibility index (Phi) is 4.39. The summed E-state index contributed by atoms with van der Waals surface area (Å²) in [4.78, 5) is 35.5. The van der Waals surface area contributed by atoms with Gasteiger partial charge in [0.2, 0.25) is 0 Å². The van der Waals surface area contributed by atoms with Crippen molar-refractivity contribution in [3.63, 3.8) is 0 Å². The van der Waals surface area contributed by atoms with Gasteiger partial charge in [-0.2, -0.15) is 5.10 Å². The summed E-state index contributed by atoms with van der Waals surface area (Å²) in [7, 11) is 3.49. The number of aromatic nitrogens is 4. The molecule has 1 N–H and O–H groups in total. The van der Waals surface area contributed by atoms with E-state index in [4.69, 9.17) is 0 Å². The van der Waals surface area contributed by atoms with Crippen LogP contribution in [0.4, 0.5) is 4.79 Å². The second-order valence-corrected chi connectivity index (χ2v) is 7.07. The molecule has 1 saturated heterocycles. The van der Waals surface area contributed by atoms with Gasteiger partial charge >= 0.3 is 6.03 Å².